The van der Waals surface area contributed by atoms with Crippen molar-refractivity contribution < 1.29 is 19.1 Å². The molecule has 0 aliphatic heterocycles. The average Bonchev–Trinajstić information content (AvgIpc) is 3.17. The van der Waals surface area contributed by atoms with Crippen molar-refractivity contribution in [2.75, 3.05) is 13.2 Å². The van der Waals surface area contributed by atoms with Gasteiger partial charge in [0.15, 0.2) is 0 Å². The van der Waals surface area contributed by atoms with E-state index in [9.17, 15) is 9.59 Å². The monoisotopic (exact) mass is 482 g/mol. The summed E-state index contributed by atoms with van der Waals surface area (Å²) in [5, 5.41) is 5.42. The van der Waals surface area contributed by atoms with Gasteiger partial charge >= 0.3 is 12.2 Å². The van der Waals surface area contributed by atoms with E-state index >= 15 is 0 Å². The van der Waals surface area contributed by atoms with Crippen LogP contribution in [-0.4, -0.2) is 30.9 Å². The Morgan fingerprint density at radius 3 is 2.19 bits per heavy atom. The highest BCUT2D eigenvalue weighted by Crippen LogP contribution is 2.44. The van der Waals surface area contributed by atoms with E-state index in [2.05, 4.69) is 46.7 Å². The fraction of sp³-hybridized carbons (Fsp3) is 0.267. The van der Waals surface area contributed by atoms with Crippen LogP contribution in [0, 0.1) is 11.8 Å². The number of nitrogens with one attached hydrogen (secondary N) is 2. The molecule has 0 heterocycles. The minimum atomic E-state index is -0.544. The van der Waals surface area contributed by atoms with Crippen molar-refractivity contribution in [3.05, 3.63) is 95.1 Å². The number of carbonyl (C=O) groups excluding carboxylic acids is 2. The number of fused-ring (bicyclic) bond motifs is 3. The van der Waals surface area contributed by atoms with Crippen molar-refractivity contribution in [1.82, 2.24) is 10.6 Å². The Morgan fingerprint density at radius 2 is 1.53 bits per heavy atom. The molecule has 1 aliphatic carbocycles. The van der Waals surface area contributed by atoms with Crippen molar-refractivity contribution in [3.63, 3.8) is 0 Å². The SMILES string of the molecule is CC(C)(C)OC(=O)NCc1cccc(C#CCNC(=O)OCC2c3ccccc3-c3ccccc32)c1. The minimum Gasteiger partial charge on any atom is -0.449 e. The predicted molar refractivity (Wildman–Crippen MR) is 139 cm³/mol. The first kappa shape index (κ1) is 24.9. The number of hydrogen-bond donors (Lipinski definition) is 2. The highest BCUT2D eigenvalue weighted by Gasteiger charge is 2.28. The van der Waals surface area contributed by atoms with Gasteiger partial charge in [0.05, 0.1) is 6.54 Å². The maximum absolute atomic E-state index is 12.3. The van der Waals surface area contributed by atoms with E-state index in [4.69, 9.17) is 9.47 Å². The second-order valence-electron chi connectivity index (χ2n) is 9.54. The van der Waals surface area contributed by atoms with E-state index in [0.29, 0.717) is 6.54 Å². The van der Waals surface area contributed by atoms with Crippen LogP contribution in [0.4, 0.5) is 9.59 Å². The van der Waals surface area contributed by atoms with E-state index in [1.54, 1.807) is 0 Å². The van der Waals surface area contributed by atoms with Crippen LogP contribution >= 0.6 is 0 Å². The van der Waals surface area contributed by atoms with Crippen LogP contribution < -0.4 is 10.6 Å². The zero-order valence-corrected chi connectivity index (χ0v) is 20.8. The van der Waals surface area contributed by atoms with Gasteiger partial charge in [-0.05, 0) is 60.7 Å². The van der Waals surface area contributed by atoms with Crippen LogP contribution in [0.15, 0.2) is 72.8 Å². The summed E-state index contributed by atoms with van der Waals surface area (Å²) < 4.78 is 10.8. The van der Waals surface area contributed by atoms with Gasteiger partial charge in [0.1, 0.15) is 12.2 Å². The lowest BCUT2D eigenvalue weighted by Gasteiger charge is -2.19. The van der Waals surface area contributed by atoms with Crippen LogP contribution in [0.25, 0.3) is 11.1 Å². The lowest BCUT2D eigenvalue weighted by atomic mass is 9.98. The average molecular weight is 483 g/mol. The molecule has 6 nitrogen and oxygen atoms in total. The summed E-state index contributed by atoms with van der Waals surface area (Å²) in [6.45, 7) is 6.22. The topological polar surface area (TPSA) is 76.7 Å². The van der Waals surface area contributed by atoms with Crippen molar-refractivity contribution in [1.29, 1.82) is 0 Å². The summed E-state index contributed by atoms with van der Waals surface area (Å²) in [6.07, 6.45) is -0.965. The Kier molecular flexibility index (Phi) is 7.60. The standard InChI is InChI=1S/C30H30N2O4/c1-30(2,3)36-29(34)32-19-22-11-8-10-21(18-22)12-9-17-31-28(33)35-20-27-25-15-6-4-13-23(25)24-14-5-7-16-26(24)27/h4-8,10-11,13-16,18,27H,17,19-20H2,1-3H3,(H,31,33)(H,32,34). The van der Waals surface area contributed by atoms with E-state index < -0.39 is 17.8 Å². The number of amides is 2. The molecule has 3 aromatic carbocycles. The van der Waals surface area contributed by atoms with Crippen molar-refractivity contribution >= 4 is 12.2 Å². The van der Waals surface area contributed by atoms with E-state index in [-0.39, 0.29) is 19.1 Å². The third-order valence-corrected chi connectivity index (χ3v) is 5.66. The molecule has 0 bridgehead atoms. The van der Waals surface area contributed by atoms with Gasteiger partial charge in [-0.3, -0.25) is 0 Å². The Labute approximate surface area is 212 Å². The number of alkyl carbamates (subject to hydrolysis) is 2. The maximum atomic E-state index is 12.3. The largest absolute Gasteiger partial charge is 0.449 e. The molecule has 0 radical (unpaired) electrons. The zero-order valence-electron chi connectivity index (χ0n) is 20.8. The first-order valence-electron chi connectivity index (χ1n) is 11.9. The molecule has 0 saturated carbocycles. The van der Waals surface area contributed by atoms with Crippen LogP contribution in [-0.2, 0) is 16.0 Å². The van der Waals surface area contributed by atoms with E-state index in [1.165, 1.54) is 22.3 Å². The molecular weight excluding hydrogens is 452 g/mol. The summed E-state index contributed by atoms with van der Waals surface area (Å²) in [4.78, 5) is 24.1. The molecule has 184 valence electrons. The molecule has 2 N–H and O–H groups in total. The Morgan fingerprint density at radius 1 is 0.861 bits per heavy atom. The molecule has 0 aromatic heterocycles. The molecule has 4 rings (SSSR count). The predicted octanol–water partition coefficient (Wildman–Crippen LogP) is 5.60. The molecular formula is C30H30N2O4. The number of hydrogen-bond acceptors (Lipinski definition) is 4. The van der Waals surface area contributed by atoms with E-state index in [0.717, 1.165) is 11.1 Å². The van der Waals surface area contributed by atoms with Gasteiger partial charge in [-0.2, -0.15) is 0 Å². The summed E-state index contributed by atoms with van der Waals surface area (Å²) in [5.74, 6) is 5.99. The van der Waals surface area contributed by atoms with Crippen molar-refractivity contribution in [2.45, 2.75) is 38.8 Å². The summed E-state index contributed by atoms with van der Waals surface area (Å²) in [7, 11) is 0. The minimum absolute atomic E-state index is 0.0197. The fourth-order valence-corrected chi connectivity index (χ4v) is 4.16. The lowest BCUT2D eigenvalue weighted by Crippen LogP contribution is -2.32. The molecule has 3 aromatic rings. The number of benzene rings is 3. The lowest BCUT2D eigenvalue weighted by molar-refractivity contribution is 0.0523. The van der Waals surface area contributed by atoms with Crippen molar-refractivity contribution in [2.24, 2.45) is 0 Å². The van der Waals surface area contributed by atoms with Gasteiger partial charge in [0, 0.05) is 18.0 Å². The Balaban J connectivity index is 1.26. The molecule has 0 unspecified atom stereocenters. The molecule has 1 aliphatic rings. The van der Waals surface area contributed by atoms with Gasteiger partial charge in [0.2, 0.25) is 0 Å². The third-order valence-electron chi connectivity index (χ3n) is 5.66. The Hall–Kier alpha value is -4.24. The first-order chi connectivity index (χ1) is 17.3. The summed E-state index contributed by atoms with van der Waals surface area (Å²) >= 11 is 0. The summed E-state index contributed by atoms with van der Waals surface area (Å²) in [6, 6.07) is 24.0. The Bertz CT molecular complexity index is 1270. The normalized spacial score (nSPS) is 12.0. The van der Waals surface area contributed by atoms with Gasteiger partial charge in [-0.25, -0.2) is 9.59 Å². The number of carbonyl (C=O) groups is 2. The molecule has 6 heteroatoms. The van der Waals surface area contributed by atoms with Crippen LogP contribution in [0.1, 0.15) is 48.9 Å². The van der Waals surface area contributed by atoms with Crippen molar-refractivity contribution in [3.8, 4) is 23.0 Å². The molecule has 2 amide bonds. The molecule has 0 spiro atoms. The highest BCUT2D eigenvalue weighted by atomic mass is 16.6. The quantitative estimate of drug-likeness (QED) is 0.464. The van der Waals surface area contributed by atoms with Gasteiger partial charge in [-0.15, -0.1) is 0 Å². The van der Waals surface area contributed by atoms with E-state index in [1.807, 2.05) is 69.3 Å². The maximum Gasteiger partial charge on any atom is 0.407 e. The van der Waals surface area contributed by atoms with Gasteiger partial charge < -0.3 is 20.1 Å². The molecule has 0 atom stereocenters. The first-order valence-corrected chi connectivity index (χ1v) is 11.9. The van der Waals surface area contributed by atoms with Crippen LogP contribution in [0.2, 0.25) is 0 Å². The fourth-order valence-electron chi connectivity index (χ4n) is 4.16. The molecule has 36 heavy (non-hydrogen) atoms. The second-order valence-corrected chi connectivity index (χ2v) is 9.54. The molecule has 0 fully saturated rings. The highest BCUT2D eigenvalue weighted by molar-refractivity contribution is 5.79. The summed E-state index contributed by atoms with van der Waals surface area (Å²) in [5.41, 5.74) is 5.87. The van der Waals surface area contributed by atoms with Gasteiger partial charge in [0.25, 0.3) is 0 Å². The van der Waals surface area contributed by atoms with Crippen LogP contribution in [0.5, 0.6) is 0 Å². The zero-order chi connectivity index (χ0) is 25.5. The number of ether oxygens (including phenoxy) is 2. The second kappa shape index (κ2) is 11.0. The van der Waals surface area contributed by atoms with Crippen LogP contribution in [0.3, 0.4) is 0 Å². The number of rotatable bonds is 5. The smallest absolute Gasteiger partial charge is 0.407 e. The third kappa shape index (κ3) is 6.45. The molecule has 0 saturated heterocycles. The van der Waals surface area contributed by atoms with Gasteiger partial charge in [-0.1, -0.05) is 72.5 Å².